The van der Waals surface area contributed by atoms with Gasteiger partial charge in [0, 0.05) is 20.1 Å². The molecule has 6 nitrogen and oxygen atoms in total. The predicted octanol–water partition coefficient (Wildman–Crippen LogP) is 3.77. The van der Waals surface area contributed by atoms with Crippen molar-refractivity contribution < 1.29 is 18.6 Å². The van der Waals surface area contributed by atoms with Gasteiger partial charge in [0.25, 0.3) is 0 Å². The highest BCUT2D eigenvalue weighted by atomic mass is 127. The molecule has 0 saturated carbocycles. The van der Waals surface area contributed by atoms with Crippen molar-refractivity contribution in [2.45, 2.75) is 19.4 Å². The zero-order chi connectivity index (χ0) is 20.4. The molecule has 0 aliphatic heterocycles. The average Bonchev–Trinajstić information content (AvgIpc) is 2.72. The lowest BCUT2D eigenvalue weighted by Crippen LogP contribution is -2.37. The van der Waals surface area contributed by atoms with Crippen LogP contribution in [0.15, 0.2) is 41.4 Å². The zero-order valence-electron chi connectivity index (χ0n) is 17.3. The molecule has 0 aliphatic rings. The van der Waals surface area contributed by atoms with Crippen LogP contribution in [0.25, 0.3) is 0 Å². The van der Waals surface area contributed by atoms with Crippen LogP contribution in [0.2, 0.25) is 0 Å². The summed E-state index contributed by atoms with van der Waals surface area (Å²) in [5.41, 5.74) is 1.96. The Kier molecular flexibility index (Phi) is 11.2. The standard InChI is InChI=1S/C21H28FN3O3.HI/c1-23-21(24-10-6-8-15-7-5-9-17(22)11-15)25-14-16-12-18(26-2)20(28-4)19(13-16)27-3;/h5,7,9,11-13H,6,8,10,14H2,1-4H3,(H2,23,24,25);1H. The van der Waals surface area contributed by atoms with E-state index in [0.717, 1.165) is 30.5 Å². The number of aryl methyl sites for hydroxylation is 1. The second-order valence-corrected chi connectivity index (χ2v) is 6.12. The van der Waals surface area contributed by atoms with Gasteiger partial charge in [0.05, 0.1) is 21.3 Å². The van der Waals surface area contributed by atoms with Gasteiger partial charge in [-0.2, -0.15) is 0 Å². The van der Waals surface area contributed by atoms with Gasteiger partial charge in [0.15, 0.2) is 17.5 Å². The fourth-order valence-electron chi connectivity index (χ4n) is 2.84. The first-order valence-corrected chi connectivity index (χ1v) is 9.09. The van der Waals surface area contributed by atoms with Crippen LogP contribution in [-0.2, 0) is 13.0 Å². The van der Waals surface area contributed by atoms with Crippen molar-refractivity contribution in [1.29, 1.82) is 0 Å². The average molecular weight is 517 g/mol. The van der Waals surface area contributed by atoms with E-state index in [9.17, 15) is 4.39 Å². The Morgan fingerprint density at radius 3 is 2.21 bits per heavy atom. The van der Waals surface area contributed by atoms with Gasteiger partial charge in [-0.25, -0.2) is 4.39 Å². The Morgan fingerprint density at radius 1 is 0.966 bits per heavy atom. The highest BCUT2D eigenvalue weighted by Crippen LogP contribution is 2.38. The summed E-state index contributed by atoms with van der Waals surface area (Å²) in [6, 6.07) is 10.5. The van der Waals surface area contributed by atoms with Crippen LogP contribution >= 0.6 is 24.0 Å². The molecule has 29 heavy (non-hydrogen) atoms. The first-order valence-electron chi connectivity index (χ1n) is 9.09. The van der Waals surface area contributed by atoms with E-state index in [4.69, 9.17) is 14.2 Å². The van der Waals surface area contributed by atoms with Crippen molar-refractivity contribution in [3.63, 3.8) is 0 Å². The lowest BCUT2D eigenvalue weighted by molar-refractivity contribution is 0.323. The van der Waals surface area contributed by atoms with Crippen LogP contribution in [-0.4, -0.2) is 40.9 Å². The highest BCUT2D eigenvalue weighted by molar-refractivity contribution is 14.0. The maximum Gasteiger partial charge on any atom is 0.203 e. The number of halogens is 2. The molecule has 2 aromatic carbocycles. The van der Waals surface area contributed by atoms with Crippen LogP contribution in [0.5, 0.6) is 17.2 Å². The quantitative estimate of drug-likeness (QED) is 0.230. The molecule has 0 spiro atoms. The van der Waals surface area contributed by atoms with E-state index in [2.05, 4.69) is 15.6 Å². The summed E-state index contributed by atoms with van der Waals surface area (Å²) in [7, 11) is 6.48. The zero-order valence-corrected chi connectivity index (χ0v) is 19.6. The topological polar surface area (TPSA) is 64.1 Å². The molecule has 2 rings (SSSR count). The van der Waals surface area contributed by atoms with Gasteiger partial charge in [-0.1, -0.05) is 12.1 Å². The van der Waals surface area contributed by atoms with Gasteiger partial charge >= 0.3 is 0 Å². The molecule has 0 aromatic heterocycles. The molecule has 2 aromatic rings. The minimum atomic E-state index is -0.201. The number of hydrogen-bond donors (Lipinski definition) is 2. The molecule has 0 saturated heterocycles. The van der Waals surface area contributed by atoms with E-state index in [1.165, 1.54) is 6.07 Å². The molecule has 0 aliphatic carbocycles. The number of rotatable bonds is 9. The van der Waals surface area contributed by atoms with Crippen LogP contribution in [0.1, 0.15) is 17.5 Å². The van der Waals surface area contributed by atoms with Crippen molar-refractivity contribution in [1.82, 2.24) is 10.6 Å². The second-order valence-electron chi connectivity index (χ2n) is 6.12. The minimum Gasteiger partial charge on any atom is -0.493 e. The van der Waals surface area contributed by atoms with Crippen molar-refractivity contribution >= 4 is 29.9 Å². The normalized spacial score (nSPS) is 10.7. The Hall–Kier alpha value is -2.23. The Bertz CT molecular complexity index is 777. The van der Waals surface area contributed by atoms with Gasteiger partial charge in [-0.05, 0) is 48.2 Å². The van der Waals surface area contributed by atoms with Gasteiger partial charge in [-0.3, -0.25) is 4.99 Å². The lowest BCUT2D eigenvalue weighted by Gasteiger charge is -2.16. The number of nitrogens with one attached hydrogen (secondary N) is 2. The number of ether oxygens (including phenoxy) is 3. The number of hydrogen-bond acceptors (Lipinski definition) is 4. The number of methoxy groups -OCH3 is 3. The molecular weight excluding hydrogens is 488 g/mol. The van der Waals surface area contributed by atoms with Crippen molar-refractivity contribution in [3.05, 3.63) is 53.3 Å². The molecule has 0 radical (unpaired) electrons. The minimum absolute atomic E-state index is 0. The van der Waals surface area contributed by atoms with Crippen molar-refractivity contribution in [2.24, 2.45) is 4.99 Å². The number of nitrogens with zero attached hydrogens (tertiary/aromatic N) is 1. The van der Waals surface area contributed by atoms with E-state index in [-0.39, 0.29) is 29.8 Å². The van der Waals surface area contributed by atoms with E-state index in [1.54, 1.807) is 40.5 Å². The van der Waals surface area contributed by atoms with Crippen LogP contribution < -0.4 is 24.8 Å². The maximum absolute atomic E-state index is 13.2. The molecule has 0 unspecified atom stereocenters. The van der Waals surface area contributed by atoms with Gasteiger partial charge in [0.2, 0.25) is 5.75 Å². The molecule has 0 atom stereocenters. The molecule has 0 heterocycles. The Morgan fingerprint density at radius 2 is 1.66 bits per heavy atom. The number of guanidine groups is 1. The molecule has 0 amide bonds. The SMILES string of the molecule is CN=C(NCCCc1cccc(F)c1)NCc1cc(OC)c(OC)c(OC)c1.I. The monoisotopic (exact) mass is 517 g/mol. The van der Waals surface area contributed by atoms with Crippen molar-refractivity contribution in [2.75, 3.05) is 34.9 Å². The number of benzene rings is 2. The summed E-state index contributed by atoms with van der Waals surface area (Å²) >= 11 is 0. The van der Waals surface area contributed by atoms with Crippen molar-refractivity contribution in [3.8, 4) is 17.2 Å². The predicted molar refractivity (Wildman–Crippen MR) is 124 cm³/mol. The molecule has 8 heteroatoms. The molecule has 160 valence electrons. The first-order chi connectivity index (χ1) is 13.6. The molecule has 0 bridgehead atoms. The summed E-state index contributed by atoms with van der Waals surface area (Å²) in [5, 5.41) is 6.52. The van der Waals surface area contributed by atoms with E-state index >= 15 is 0 Å². The smallest absolute Gasteiger partial charge is 0.203 e. The van der Waals surface area contributed by atoms with Gasteiger partial charge in [-0.15, -0.1) is 24.0 Å². The lowest BCUT2D eigenvalue weighted by atomic mass is 10.1. The summed E-state index contributed by atoms with van der Waals surface area (Å²) < 4.78 is 29.3. The third-order valence-electron chi connectivity index (χ3n) is 4.23. The highest BCUT2D eigenvalue weighted by Gasteiger charge is 2.13. The largest absolute Gasteiger partial charge is 0.493 e. The molecule has 2 N–H and O–H groups in total. The summed E-state index contributed by atoms with van der Waals surface area (Å²) in [5.74, 6) is 2.27. The summed E-state index contributed by atoms with van der Waals surface area (Å²) in [4.78, 5) is 4.23. The van der Waals surface area contributed by atoms with Crippen LogP contribution in [0, 0.1) is 5.82 Å². The third kappa shape index (κ3) is 7.60. The summed E-state index contributed by atoms with van der Waals surface area (Å²) in [6.07, 6.45) is 1.67. The molecular formula is C21H29FIN3O3. The Labute approximate surface area is 188 Å². The fraction of sp³-hybridized carbons (Fsp3) is 0.381. The van der Waals surface area contributed by atoms with E-state index in [1.807, 2.05) is 18.2 Å². The van der Waals surface area contributed by atoms with E-state index < -0.39 is 0 Å². The summed E-state index contributed by atoms with van der Waals surface area (Å²) in [6.45, 7) is 1.27. The fourth-order valence-corrected chi connectivity index (χ4v) is 2.84. The maximum atomic E-state index is 13.2. The molecule has 0 fully saturated rings. The third-order valence-corrected chi connectivity index (χ3v) is 4.23. The van der Waals surface area contributed by atoms with Gasteiger partial charge < -0.3 is 24.8 Å². The van der Waals surface area contributed by atoms with Crippen LogP contribution in [0.4, 0.5) is 4.39 Å². The number of aliphatic imine (C=N–C) groups is 1. The Balaban J connectivity index is 0.00000420. The first kappa shape index (κ1) is 24.8. The van der Waals surface area contributed by atoms with E-state index in [0.29, 0.717) is 29.8 Å². The van der Waals surface area contributed by atoms with Gasteiger partial charge in [0.1, 0.15) is 5.82 Å². The van der Waals surface area contributed by atoms with Crippen LogP contribution in [0.3, 0.4) is 0 Å². The second kappa shape index (κ2) is 13.1.